The van der Waals surface area contributed by atoms with Crippen LogP contribution in [0.3, 0.4) is 0 Å². The Bertz CT molecular complexity index is 1290. The van der Waals surface area contributed by atoms with Gasteiger partial charge in [0.15, 0.2) is 11.6 Å². The van der Waals surface area contributed by atoms with Gasteiger partial charge >= 0.3 is 0 Å². The van der Waals surface area contributed by atoms with E-state index in [9.17, 15) is 13.9 Å². The third-order valence-electron chi connectivity index (χ3n) is 7.01. The fourth-order valence-electron chi connectivity index (χ4n) is 5.24. The number of ether oxygens (including phenoxy) is 2. The molecule has 2 heterocycles. The van der Waals surface area contributed by atoms with Crippen LogP contribution in [0.15, 0.2) is 65.6 Å². The fourth-order valence-corrected chi connectivity index (χ4v) is 6.29. The second-order valence-electron chi connectivity index (χ2n) is 9.61. The number of allylic oxidation sites excluding steroid dienone is 1. The lowest BCUT2D eigenvalue weighted by atomic mass is 9.88. The zero-order valence-electron chi connectivity index (χ0n) is 21.6. The summed E-state index contributed by atoms with van der Waals surface area (Å²) < 4.78 is 38.7. The Morgan fingerprint density at radius 3 is 2.66 bits per heavy atom. The van der Waals surface area contributed by atoms with Crippen LogP contribution in [0.4, 0.5) is 8.78 Å². The van der Waals surface area contributed by atoms with Gasteiger partial charge in [0.25, 0.3) is 0 Å². The van der Waals surface area contributed by atoms with Crippen LogP contribution in [-0.4, -0.2) is 54.8 Å². The standard InChI is InChI=1S/C31H33F2NO3S/c1-2-36-29-18-22(6-11-28(29)33)26-13-17-38-30-19-23(35)7-10-27(30)31(26)21-4-8-24(9-5-21)37-25-12-16-34(20-25)15-3-14-32/h4-11,18-19,25,35H,2-3,12-17,20H2,1H3/t25-/m0/s1. The molecule has 1 fully saturated rings. The molecule has 0 radical (unpaired) electrons. The highest BCUT2D eigenvalue weighted by molar-refractivity contribution is 7.99. The van der Waals surface area contributed by atoms with E-state index >= 15 is 0 Å². The molecule has 38 heavy (non-hydrogen) atoms. The highest BCUT2D eigenvalue weighted by Gasteiger charge is 2.25. The molecule has 0 aromatic heterocycles. The van der Waals surface area contributed by atoms with Crippen LogP contribution in [-0.2, 0) is 0 Å². The summed E-state index contributed by atoms with van der Waals surface area (Å²) in [5, 5.41) is 10.2. The van der Waals surface area contributed by atoms with Crippen molar-refractivity contribution in [2.45, 2.75) is 37.2 Å². The number of halogens is 2. The molecule has 0 bridgehead atoms. The van der Waals surface area contributed by atoms with Crippen molar-refractivity contribution in [2.24, 2.45) is 0 Å². The quantitative estimate of drug-likeness (QED) is 0.313. The Balaban J connectivity index is 1.49. The number of thioether (sulfide) groups is 1. The maximum atomic E-state index is 14.4. The zero-order chi connectivity index (χ0) is 26.5. The SMILES string of the molecule is CCOc1cc(C2=C(c3ccc(O[C@H]4CCN(CCCF)C4)cc3)c3ccc(O)cc3SCC2)ccc1F. The number of rotatable bonds is 9. The molecule has 1 saturated heterocycles. The van der Waals surface area contributed by atoms with Gasteiger partial charge in [-0.3, -0.25) is 9.29 Å². The molecule has 3 aromatic rings. The van der Waals surface area contributed by atoms with E-state index in [-0.39, 0.29) is 30.1 Å². The molecule has 2 aliphatic rings. The lowest BCUT2D eigenvalue weighted by molar-refractivity contribution is 0.198. The van der Waals surface area contributed by atoms with Crippen molar-refractivity contribution in [3.05, 3.63) is 83.2 Å². The number of likely N-dealkylation sites (tertiary alicyclic amines) is 1. The average molecular weight is 538 g/mol. The molecule has 4 nitrogen and oxygen atoms in total. The minimum Gasteiger partial charge on any atom is -0.508 e. The van der Waals surface area contributed by atoms with Crippen molar-refractivity contribution in [1.82, 2.24) is 4.90 Å². The molecule has 3 aromatic carbocycles. The fraction of sp³-hybridized carbons (Fsp3) is 0.355. The van der Waals surface area contributed by atoms with Gasteiger partial charge in [-0.1, -0.05) is 18.2 Å². The molecule has 5 rings (SSSR count). The Morgan fingerprint density at radius 2 is 1.87 bits per heavy atom. The van der Waals surface area contributed by atoms with E-state index in [1.165, 1.54) is 6.07 Å². The average Bonchev–Trinajstić information content (AvgIpc) is 3.28. The number of fused-ring (bicyclic) bond motifs is 1. The Morgan fingerprint density at radius 1 is 1.05 bits per heavy atom. The third kappa shape index (κ3) is 6.00. The third-order valence-corrected chi connectivity index (χ3v) is 8.07. The molecular weight excluding hydrogens is 504 g/mol. The number of phenolic OH excluding ortho intramolecular Hbond substituents is 1. The molecule has 1 atom stereocenters. The summed E-state index contributed by atoms with van der Waals surface area (Å²) in [5.74, 6) is 1.75. The lowest BCUT2D eigenvalue weighted by Gasteiger charge is -2.19. The van der Waals surface area contributed by atoms with Crippen molar-refractivity contribution < 1.29 is 23.4 Å². The topological polar surface area (TPSA) is 41.9 Å². The monoisotopic (exact) mass is 537 g/mol. The van der Waals surface area contributed by atoms with Gasteiger partial charge in [0.2, 0.25) is 0 Å². The lowest BCUT2D eigenvalue weighted by Crippen LogP contribution is -2.26. The zero-order valence-corrected chi connectivity index (χ0v) is 22.4. The second kappa shape index (κ2) is 12.2. The van der Waals surface area contributed by atoms with E-state index in [0.29, 0.717) is 13.0 Å². The largest absolute Gasteiger partial charge is 0.508 e. The number of phenols is 1. The molecule has 0 unspecified atom stereocenters. The smallest absolute Gasteiger partial charge is 0.165 e. The molecule has 2 aliphatic heterocycles. The molecule has 7 heteroatoms. The molecule has 0 saturated carbocycles. The maximum absolute atomic E-state index is 14.4. The van der Waals surface area contributed by atoms with E-state index in [4.69, 9.17) is 9.47 Å². The van der Waals surface area contributed by atoms with E-state index in [2.05, 4.69) is 17.0 Å². The maximum Gasteiger partial charge on any atom is 0.165 e. The van der Waals surface area contributed by atoms with Gasteiger partial charge in [0.05, 0.1) is 13.3 Å². The van der Waals surface area contributed by atoms with Gasteiger partial charge < -0.3 is 14.6 Å². The van der Waals surface area contributed by atoms with Crippen LogP contribution in [0, 0.1) is 5.82 Å². The first-order valence-electron chi connectivity index (χ1n) is 13.2. The predicted molar refractivity (Wildman–Crippen MR) is 149 cm³/mol. The summed E-state index contributed by atoms with van der Waals surface area (Å²) in [6.45, 7) is 4.47. The first kappa shape index (κ1) is 26.6. The molecule has 200 valence electrons. The molecular formula is C31H33F2NO3S. The summed E-state index contributed by atoms with van der Waals surface area (Å²) >= 11 is 1.71. The van der Waals surface area contributed by atoms with Crippen molar-refractivity contribution in [1.29, 1.82) is 0 Å². The van der Waals surface area contributed by atoms with E-state index in [1.807, 2.05) is 37.3 Å². The number of benzene rings is 3. The van der Waals surface area contributed by atoms with Crippen molar-refractivity contribution in [3.63, 3.8) is 0 Å². The van der Waals surface area contributed by atoms with Crippen molar-refractivity contribution in [3.8, 4) is 17.2 Å². The van der Waals surface area contributed by atoms with Crippen LogP contribution >= 0.6 is 11.8 Å². The molecule has 0 amide bonds. The van der Waals surface area contributed by atoms with Gasteiger partial charge in [-0.2, -0.15) is 0 Å². The minimum absolute atomic E-state index is 0.101. The van der Waals surface area contributed by atoms with Gasteiger partial charge in [0, 0.05) is 30.3 Å². The van der Waals surface area contributed by atoms with Crippen LogP contribution in [0.25, 0.3) is 11.1 Å². The number of hydrogen-bond donors (Lipinski definition) is 1. The summed E-state index contributed by atoms with van der Waals surface area (Å²) in [6, 6.07) is 18.7. The van der Waals surface area contributed by atoms with Crippen LogP contribution in [0.2, 0.25) is 0 Å². The summed E-state index contributed by atoms with van der Waals surface area (Å²) in [6.07, 6.45) is 2.38. The Labute approximate surface area is 227 Å². The number of nitrogens with zero attached hydrogens (tertiary/aromatic N) is 1. The van der Waals surface area contributed by atoms with E-state index in [1.54, 1.807) is 23.9 Å². The van der Waals surface area contributed by atoms with Gasteiger partial charge in [0.1, 0.15) is 17.6 Å². The molecule has 1 N–H and O–H groups in total. The number of hydrogen-bond acceptors (Lipinski definition) is 5. The van der Waals surface area contributed by atoms with E-state index in [0.717, 1.165) is 76.7 Å². The summed E-state index contributed by atoms with van der Waals surface area (Å²) in [5.41, 5.74) is 5.15. The van der Waals surface area contributed by atoms with Crippen LogP contribution in [0.5, 0.6) is 17.2 Å². The minimum atomic E-state index is -0.372. The highest BCUT2D eigenvalue weighted by atomic mass is 32.2. The van der Waals surface area contributed by atoms with Gasteiger partial charge in [-0.05, 0) is 96.5 Å². The van der Waals surface area contributed by atoms with E-state index < -0.39 is 0 Å². The van der Waals surface area contributed by atoms with Crippen molar-refractivity contribution in [2.75, 3.05) is 38.7 Å². The van der Waals surface area contributed by atoms with Crippen LogP contribution < -0.4 is 9.47 Å². The summed E-state index contributed by atoms with van der Waals surface area (Å²) in [4.78, 5) is 3.27. The summed E-state index contributed by atoms with van der Waals surface area (Å²) in [7, 11) is 0. The molecule has 0 aliphatic carbocycles. The number of alkyl halides is 1. The number of aromatic hydroxyl groups is 1. The Kier molecular flexibility index (Phi) is 8.55. The molecule has 0 spiro atoms. The first-order chi connectivity index (χ1) is 18.6. The Hall–Kier alpha value is -3.03. The van der Waals surface area contributed by atoms with Crippen LogP contribution in [0.1, 0.15) is 42.9 Å². The van der Waals surface area contributed by atoms with Gasteiger partial charge in [-0.25, -0.2) is 4.39 Å². The normalized spacial score (nSPS) is 17.8. The first-order valence-corrected chi connectivity index (χ1v) is 14.2. The van der Waals surface area contributed by atoms with Crippen molar-refractivity contribution >= 4 is 22.9 Å². The predicted octanol–water partition coefficient (Wildman–Crippen LogP) is 7.20. The highest BCUT2D eigenvalue weighted by Crippen LogP contribution is 2.44. The van der Waals surface area contributed by atoms with Gasteiger partial charge in [-0.15, -0.1) is 11.8 Å². The second-order valence-corrected chi connectivity index (χ2v) is 10.7.